The maximum atomic E-state index is 3.84. The molecule has 13 heavy (non-hydrogen) atoms. The van der Waals surface area contributed by atoms with E-state index in [1.807, 2.05) is 20.8 Å². The summed E-state index contributed by atoms with van der Waals surface area (Å²) in [6.45, 7) is 14.3. The summed E-state index contributed by atoms with van der Waals surface area (Å²) in [6, 6.07) is 0.646. The van der Waals surface area contributed by atoms with E-state index in [4.69, 9.17) is 0 Å². The highest BCUT2D eigenvalue weighted by molar-refractivity contribution is 4.87. The van der Waals surface area contributed by atoms with Crippen LogP contribution in [0.3, 0.4) is 0 Å². The van der Waals surface area contributed by atoms with Crippen molar-refractivity contribution in [2.24, 2.45) is 0 Å². The molecule has 1 N–H and O–H groups in total. The summed E-state index contributed by atoms with van der Waals surface area (Å²) < 4.78 is 0. The summed E-state index contributed by atoms with van der Waals surface area (Å²) in [7, 11) is 0. The van der Waals surface area contributed by atoms with E-state index < -0.39 is 0 Å². The van der Waals surface area contributed by atoms with E-state index in [1.165, 1.54) is 25.7 Å². The summed E-state index contributed by atoms with van der Waals surface area (Å²) in [5, 5.41) is 3.37. The van der Waals surface area contributed by atoms with Gasteiger partial charge in [0, 0.05) is 11.7 Å². The number of hydrogen-bond donors (Lipinski definition) is 1. The molecule has 1 atom stereocenters. The quantitative estimate of drug-likeness (QED) is 0.657. The SMILES string of the molecule is C=C(C)NC(CC)CCCC.CC. The molecular formula is C12H27N. The van der Waals surface area contributed by atoms with Crippen molar-refractivity contribution in [2.45, 2.75) is 66.3 Å². The molecule has 0 bridgehead atoms. The van der Waals surface area contributed by atoms with Crippen LogP contribution in [0.25, 0.3) is 0 Å². The van der Waals surface area contributed by atoms with Crippen molar-refractivity contribution in [3.63, 3.8) is 0 Å². The maximum Gasteiger partial charge on any atom is 0.0255 e. The molecule has 0 aromatic carbocycles. The van der Waals surface area contributed by atoms with Crippen LogP contribution in [-0.2, 0) is 0 Å². The van der Waals surface area contributed by atoms with Crippen molar-refractivity contribution in [2.75, 3.05) is 0 Å². The molecule has 0 fully saturated rings. The summed E-state index contributed by atoms with van der Waals surface area (Å²) in [4.78, 5) is 0. The Morgan fingerprint density at radius 1 is 1.31 bits per heavy atom. The first-order valence-corrected chi connectivity index (χ1v) is 5.62. The van der Waals surface area contributed by atoms with E-state index in [9.17, 15) is 0 Å². The first kappa shape index (κ1) is 15.0. The third-order valence-electron chi connectivity index (χ3n) is 1.85. The number of unbranched alkanes of at least 4 members (excludes halogenated alkanes) is 1. The lowest BCUT2D eigenvalue weighted by molar-refractivity contribution is 0.492. The Kier molecular flexibility index (Phi) is 13.3. The molecule has 0 heterocycles. The van der Waals surface area contributed by atoms with Gasteiger partial charge in [-0.2, -0.15) is 0 Å². The van der Waals surface area contributed by atoms with E-state index >= 15 is 0 Å². The van der Waals surface area contributed by atoms with E-state index in [-0.39, 0.29) is 0 Å². The van der Waals surface area contributed by atoms with Gasteiger partial charge < -0.3 is 5.32 Å². The van der Waals surface area contributed by atoms with E-state index in [2.05, 4.69) is 25.7 Å². The highest BCUT2D eigenvalue weighted by Gasteiger charge is 2.02. The van der Waals surface area contributed by atoms with Crippen LogP contribution in [0.1, 0.15) is 60.3 Å². The maximum absolute atomic E-state index is 3.84. The van der Waals surface area contributed by atoms with Gasteiger partial charge in [0.15, 0.2) is 0 Å². The number of nitrogens with one attached hydrogen (secondary N) is 1. The molecular weight excluding hydrogens is 158 g/mol. The van der Waals surface area contributed by atoms with Crippen LogP contribution in [0.15, 0.2) is 12.3 Å². The van der Waals surface area contributed by atoms with Crippen LogP contribution < -0.4 is 5.32 Å². The zero-order chi connectivity index (χ0) is 10.7. The summed E-state index contributed by atoms with van der Waals surface area (Å²) in [5.74, 6) is 0. The van der Waals surface area contributed by atoms with Crippen molar-refractivity contribution in [1.82, 2.24) is 5.32 Å². The molecule has 0 saturated heterocycles. The second kappa shape index (κ2) is 11.5. The largest absolute Gasteiger partial charge is 0.386 e. The molecule has 1 heteroatoms. The molecule has 0 rings (SSSR count). The lowest BCUT2D eigenvalue weighted by Crippen LogP contribution is -2.26. The van der Waals surface area contributed by atoms with Crippen molar-refractivity contribution in [3.05, 3.63) is 12.3 Å². The van der Waals surface area contributed by atoms with Crippen molar-refractivity contribution in [1.29, 1.82) is 0 Å². The van der Waals surface area contributed by atoms with Crippen LogP contribution in [-0.4, -0.2) is 6.04 Å². The fourth-order valence-electron chi connectivity index (χ4n) is 1.18. The predicted octanol–water partition coefficient (Wildman–Crippen LogP) is 4.10. The first-order valence-electron chi connectivity index (χ1n) is 5.62. The molecule has 0 aromatic rings. The van der Waals surface area contributed by atoms with Gasteiger partial charge in [0.05, 0.1) is 0 Å². The Balaban J connectivity index is 0. The Labute approximate surface area is 84.6 Å². The van der Waals surface area contributed by atoms with E-state index in [1.54, 1.807) is 0 Å². The van der Waals surface area contributed by atoms with Gasteiger partial charge in [-0.15, -0.1) is 0 Å². The Morgan fingerprint density at radius 3 is 2.15 bits per heavy atom. The van der Waals surface area contributed by atoms with E-state index in [0.29, 0.717) is 6.04 Å². The summed E-state index contributed by atoms with van der Waals surface area (Å²) in [6.07, 6.45) is 5.08. The molecule has 0 aromatic heterocycles. The van der Waals surface area contributed by atoms with Gasteiger partial charge in [-0.3, -0.25) is 0 Å². The zero-order valence-electron chi connectivity index (χ0n) is 10.1. The Morgan fingerprint density at radius 2 is 1.85 bits per heavy atom. The second-order valence-corrected chi connectivity index (χ2v) is 3.17. The van der Waals surface area contributed by atoms with Gasteiger partial charge in [0.1, 0.15) is 0 Å². The van der Waals surface area contributed by atoms with Crippen LogP contribution >= 0.6 is 0 Å². The number of allylic oxidation sites excluding steroid dienone is 1. The van der Waals surface area contributed by atoms with Crippen molar-refractivity contribution >= 4 is 0 Å². The smallest absolute Gasteiger partial charge is 0.0255 e. The van der Waals surface area contributed by atoms with Crippen molar-refractivity contribution < 1.29 is 0 Å². The molecule has 1 unspecified atom stereocenters. The third kappa shape index (κ3) is 11.5. The fourth-order valence-corrected chi connectivity index (χ4v) is 1.18. The summed E-state index contributed by atoms with van der Waals surface area (Å²) in [5.41, 5.74) is 1.09. The van der Waals surface area contributed by atoms with Gasteiger partial charge in [0.2, 0.25) is 0 Å². The molecule has 1 nitrogen and oxygen atoms in total. The van der Waals surface area contributed by atoms with Crippen LogP contribution in [0, 0.1) is 0 Å². The van der Waals surface area contributed by atoms with Gasteiger partial charge in [-0.25, -0.2) is 0 Å². The van der Waals surface area contributed by atoms with Crippen LogP contribution in [0.5, 0.6) is 0 Å². The second-order valence-electron chi connectivity index (χ2n) is 3.17. The topological polar surface area (TPSA) is 12.0 Å². The average molecular weight is 185 g/mol. The molecule has 0 saturated carbocycles. The number of hydrogen-bond acceptors (Lipinski definition) is 1. The zero-order valence-corrected chi connectivity index (χ0v) is 10.1. The molecule has 80 valence electrons. The van der Waals surface area contributed by atoms with Gasteiger partial charge >= 0.3 is 0 Å². The lowest BCUT2D eigenvalue weighted by atomic mass is 10.1. The molecule has 0 spiro atoms. The molecule has 0 aliphatic rings. The van der Waals surface area contributed by atoms with Crippen LogP contribution in [0.2, 0.25) is 0 Å². The monoisotopic (exact) mass is 185 g/mol. The highest BCUT2D eigenvalue weighted by Crippen LogP contribution is 2.04. The lowest BCUT2D eigenvalue weighted by Gasteiger charge is -2.17. The van der Waals surface area contributed by atoms with Gasteiger partial charge in [0.25, 0.3) is 0 Å². The Hall–Kier alpha value is -0.460. The minimum absolute atomic E-state index is 0.646. The third-order valence-corrected chi connectivity index (χ3v) is 1.85. The van der Waals surface area contributed by atoms with E-state index in [0.717, 1.165) is 5.70 Å². The van der Waals surface area contributed by atoms with Crippen LogP contribution in [0.4, 0.5) is 0 Å². The normalized spacial score (nSPS) is 11.2. The fraction of sp³-hybridized carbons (Fsp3) is 0.833. The molecule has 0 aliphatic heterocycles. The molecule has 0 radical (unpaired) electrons. The standard InChI is InChI=1S/C10H21N.C2H6/c1-5-7-8-10(6-2)11-9(3)4;1-2/h10-11H,3,5-8H2,1-2,4H3;1-2H3. The first-order chi connectivity index (χ1) is 6.20. The predicted molar refractivity (Wildman–Crippen MR) is 62.9 cm³/mol. The molecule has 0 aliphatic carbocycles. The minimum Gasteiger partial charge on any atom is -0.386 e. The Bertz CT molecular complexity index is 108. The average Bonchev–Trinajstić information content (AvgIpc) is 2.15. The number of rotatable bonds is 6. The highest BCUT2D eigenvalue weighted by atomic mass is 14.9. The summed E-state index contributed by atoms with van der Waals surface area (Å²) >= 11 is 0. The van der Waals surface area contributed by atoms with Gasteiger partial charge in [-0.05, 0) is 19.8 Å². The molecule has 0 amide bonds. The van der Waals surface area contributed by atoms with Gasteiger partial charge in [-0.1, -0.05) is 47.1 Å². The minimum atomic E-state index is 0.646. The van der Waals surface area contributed by atoms with Crippen molar-refractivity contribution in [3.8, 4) is 0 Å².